The van der Waals surface area contributed by atoms with Crippen LogP contribution in [0.25, 0.3) is 0 Å². The molecule has 0 aliphatic rings. The van der Waals surface area contributed by atoms with E-state index in [9.17, 15) is 13.2 Å². The summed E-state index contributed by atoms with van der Waals surface area (Å²) in [4.78, 5) is 4.08. The molecule has 0 fully saturated rings. The van der Waals surface area contributed by atoms with E-state index in [1.165, 1.54) is 11.8 Å². The van der Waals surface area contributed by atoms with Gasteiger partial charge in [-0.25, -0.2) is 4.98 Å². The van der Waals surface area contributed by atoms with E-state index < -0.39 is 11.2 Å². The zero-order valence-corrected chi connectivity index (χ0v) is 12.7. The van der Waals surface area contributed by atoms with Gasteiger partial charge in [-0.2, -0.15) is 13.2 Å². The van der Waals surface area contributed by atoms with E-state index in [-0.39, 0.29) is 6.04 Å². The highest BCUT2D eigenvalue weighted by molar-refractivity contribution is 7.11. The van der Waals surface area contributed by atoms with Crippen LogP contribution in [0.2, 0.25) is 0 Å². The maximum Gasteiger partial charge on any atom is 0.443 e. The number of rotatable bonds is 5. The van der Waals surface area contributed by atoms with Crippen LogP contribution in [0.1, 0.15) is 40.9 Å². The van der Waals surface area contributed by atoms with Crippen LogP contribution in [-0.2, 0) is 12.6 Å². The van der Waals surface area contributed by atoms with Crippen molar-refractivity contribution in [2.75, 3.05) is 6.54 Å². The van der Waals surface area contributed by atoms with Gasteiger partial charge in [0, 0.05) is 11.1 Å². The Morgan fingerprint density at radius 3 is 2.33 bits per heavy atom. The van der Waals surface area contributed by atoms with Crippen molar-refractivity contribution in [1.82, 2.24) is 10.3 Å². The van der Waals surface area contributed by atoms with Crippen LogP contribution in [0.15, 0.2) is 30.5 Å². The molecule has 0 saturated carbocycles. The minimum Gasteiger partial charge on any atom is -0.306 e. The van der Waals surface area contributed by atoms with Crippen LogP contribution in [0.5, 0.6) is 0 Å². The molecule has 114 valence electrons. The van der Waals surface area contributed by atoms with Crippen molar-refractivity contribution in [3.05, 3.63) is 51.5 Å². The van der Waals surface area contributed by atoms with Crippen molar-refractivity contribution in [1.29, 1.82) is 0 Å². The summed E-state index contributed by atoms with van der Waals surface area (Å²) in [6.45, 7) is 4.66. The van der Waals surface area contributed by atoms with E-state index in [0.717, 1.165) is 12.0 Å². The Balaban J connectivity index is 2.31. The summed E-state index contributed by atoms with van der Waals surface area (Å²) in [7, 11) is 0. The lowest BCUT2D eigenvalue weighted by atomic mass is 10.0. The summed E-state index contributed by atoms with van der Waals surface area (Å²) in [5.74, 6) is 0. The molecule has 0 aliphatic carbocycles. The first-order chi connectivity index (χ1) is 9.95. The second-order valence-corrected chi connectivity index (χ2v) is 5.71. The van der Waals surface area contributed by atoms with Crippen LogP contribution in [-0.4, -0.2) is 11.5 Å². The molecule has 1 heterocycles. The van der Waals surface area contributed by atoms with Crippen molar-refractivity contribution in [3.63, 3.8) is 0 Å². The second-order valence-electron chi connectivity index (χ2n) is 4.65. The van der Waals surface area contributed by atoms with Gasteiger partial charge in [-0.1, -0.05) is 38.1 Å². The monoisotopic (exact) mass is 314 g/mol. The smallest absolute Gasteiger partial charge is 0.306 e. The molecular formula is C15H17F3N2S. The molecule has 1 aromatic heterocycles. The number of nitrogens with zero attached hydrogens (tertiary/aromatic N) is 1. The van der Waals surface area contributed by atoms with Crippen LogP contribution in [0.4, 0.5) is 13.2 Å². The second kappa shape index (κ2) is 6.58. The first-order valence-corrected chi connectivity index (χ1v) is 7.62. The highest BCUT2D eigenvalue weighted by atomic mass is 32.1. The summed E-state index contributed by atoms with van der Waals surface area (Å²) < 4.78 is 38.0. The molecule has 2 nitrogen and oxygen atoms in total. The van der Waals surface area contributed by atoms with E-state index >= 15 is 0 Å². The molecule has 0 radical (unpaired) electrons. The molecule has 1 N–H and O–H groups in total. The van der Waals surface area contributed by atoms with Gasteiger partial charge in [0.05, 0.1) is 6.04 Å². The van der Waals surface area contributed by atoms with Gasteiger partial charge in [0.2, 0.25) is 0 Å². The predicted octanol–water partition coefficient (Wildman–Crippen LogP) is 4.42. The molecule has 1 atom stereocenters. The van der Waals surface area contributed by atoms with Gasteiger partial charge in [0.15, 0.2) is 5.01 Å². The number of alkyl halides is 3. The van der Waals surface area contributed by atoms with E-state index in [4.69, 9.17) is 0 Å². The predicted molar refractivity (Wildman–Crippen MR) is 78.5 cm³/mol. The molecule has 0 amide bonds. The van der Waals surface area contributed by atoms with Gasteiger partial charge >= 0.3 is 6.18 Å². The Labute approximate surface area is 126 Å². The zero-order valence-electron chi connectivity index (χ0n) is 11.9. The summed E-state index contributed by atoms with van der Waals surface area (Å²) in [6.07, 6.45) is -2.13. The van der Waals surface area contributed by atoms with Crippen molar-refractivity contribution in [2.45, 2.75) is 32.5 Å². The molecular weight excluding hydrogens is 297 g/mol. The molecule has 1 aromatic carbocycles. The number of aryl methyl sites for hydroxylation is 1. The molecule has 0 spiro atoms. The van der Waals surface area contributed by atoms with Gasteiger partial charge in [-0.15, -0.1) is 11.3 Å². The Hall–Kier alpha value is -1.40. The molecule has 0 bridgehead atoms. The van der Waals surface area contributed by atoms with Crippen molar-refractivity contribution >= 4 is 11.3 Å². The number of aromatic nitrogens is 1. The fourth-order valence-electron chi connectivity index (χ4n) is 2.08. The summed E-state index contributed by atoms with van der Waals surface area (Å²) >= 11 is 0.694. The van der Waals surface area contributed by atoms with E-state index in [1.54, 1.807) is 0 Å². The van der Waals surface area contributed by atoms with Crippen LogP contribution < -0.4 is 5.32 Å². The molecule has 21 heavy (non-hydrogen) atoms. The fraction of sp³-hybridized carbons (Fsp3) is 0.400. The highest BCUT2D eigenvalue weighted by Gasteiger charge is 2.35. The SMILES string of the molecule is CCNC(c1ccc(CC)cc1)c1cnc(C(F)(F)F)s1. The van der Waals surface area contributed by atoms with Crippen molar-refractivity contribution < 1.29 is 13.2 Å². The van der Waals surface area contributed by atoms with Gasteiger partial charge < -0.3 is 5.32 Å². The lowest BCUT2D eigenvalue weighted by Crippen LogP contribution is -2.21. The largest absolute Gasteiger partial charge is 0.443 e. The van der Waals surface area contributed by atoms with Crippen molar-refractivity contribution in [2.24, 2.45) is 0 Å². The average molecular weight is 314 g/mol. The Morgan fingerprint density at radius 1 is 1.19 bits per heavy atom. The lowest BCUT2D eigenvalue weighted by Gasteiger charge is -2.17. The number of benzene rings is 1. The van der Waals surface area contributed by atoms with Crippen LogP contribution in [0.3, 0.4) is 0 Å². The van der Waals surface area contributed by atoms with Gasteiger partial charge in [-0.05, 0) is 24.1 Å². The quantitative estimate of drug-likeness (QED) is 0.883. The Kier molecular flexibility index (Phi) is 5.00. The fourth-order valence-corrected chi connectivity index (χ4v) is 2.97. The molecule has 2 rings (SSSR count). The normalized spacial score (nSPS) is 13.4. The Bertz CT molecular complexity index is 575. The summed E-state index contributed by atoms with van der Waals surface area (Å²) in [5.41, 5.74) is 2.15. The third-order valence-electron chi connectivity index (χ3n) is 3.18. The lowest BCUT2D eigenvalue weighted by molar-refractivity contribution is -0.137. The molecule has 0 saturated heterocycles. The average Bonchev–Trinajstić information content (AvgIpc) is 2.94. The van der Waals surface area contributed by atoms with E-state index in [2.05, 4.69) is 17.2 Å². The zero-order chi connectivity index (χ0) is 15.5. The summed E-state index contributed by atoms with van der Waals surface area (Å²) in [6, 6.07) is 7.67. The van der Waals surface area contributed by atoms with Crippen LogP contribution >= 0.6 is 11.3 Å². The minimum atomic E-state index is -4.38. The molecule has 0 aliphatic heterocycles. The number of halogens is 3. The molecule has 6 heteroatoms. The first-order valence-electron chi connectivity index (χ1n) is 6.80. The molecule has 2 aromatic rings. The highest BCUT2D eigenvalue weighted by Crippen LogP contribution is 2.36. The number of hydrogen-bond acceptors (Lipinski definition) is 3. The summed E-state index contributed by atoms with van der Waals surface area (Å²) in [5, 5.41) is 2.42. The van der Waals surface area contributed by atoms with Gasteiger partial charge in [0.1, 0.15) is 0 Å². The first kappa shape index (κ1) is 16.0. The topological polar surface area (TPSA) is 24.9 Å². The molecule has 1 unspecified atom stereocenters. The number of thiazole rings is 1. The van der Waals surface area contributed by atoms with Crippen LogP contribution in [0, 0.1) is 0 Å². The van der Waals surface area contributed by atoms with Crippen molar-refractivity contribution in [3.8, 4) is 0 Å². The maximum absolute atomic E-state index is 12.7. The maximum atomic E-state index is 12.7. The van der Waals surface area contributed by atoms with E-state index in [0.29, 0.717) is 22.8 Å². The van der Waals surface area contributed by atoms with E-state index in [1.807, 2.05) is 31.2 Å². The third-order valence-corrected chi connectivity index (χ3v) is 4.29. The number of hydrogen-bond donors (Lipinski definition) is 1. The van der Waals surface area contributed by atoms with Gasteiger partial charge in [0.25, 0.3) is 0 Å². The standard InChI is InChI=1S/C15H17F3N2S/c1-3-10-5-7-11(8-6-10)13(19-4-2)12-9-20-14(21-12)15(16,17)18/h5-9,13,19H,3-4H2,1-2H3. The third kappa shape index (κ3) is 3.83. The number of nitrogens with one attached hydrogen (secondary N) is 1. The minimum absolute atomic E-state index is 0.255. The van der Waals surface area contributed by atoms with Gasteiger partial charge in [-0.3, -0.25) is 0 Å². The Morgan fingerprint density at radius 2 is 1.86 bits per heavy atom.